The summed E-state index contributed by atoms with van der Waals surface area (Å²) in [5.74, 6) is 1.36. The lowest BCUT2D eigenvalue weighted by molar-refractivity contribution is 0.235. The maximum absolute atomic E-state index is 5.71. The molecule has 0 aliphatic carbocycles. The molecule has 0 aliphatic heterocycles. The van der Waals surface area contributed by atoms with Gasteiger partial charge in [0.15, 0.2) is 0 Å². The lowest BCUT2D eigenvalue weighted by atomic mass is 9.87. The minimum Gasteiger partial charge on any atom is -0.489 e. The Hall–Kier alpha value is -1.25. The highest BCUT2D eigenvalue weighted by Gasteiger charge is 2.20. The third-order valence-corrected chi connectivity index (χ3v) is 2.06. The van der Waals surface area contributed by atoms with Crippen LogP contribution in [-0.4, -0.2) is 11.1 Å². The number of rotatable bonds is 2. The van der Waals surface area contributed by atoms with Gasteiger partial charge in [-0.25, -0.2) is 4.98 Å². The molecule has 0 spiro atoms. The van der Waals surface area contributed by atoms with E-state index >= 15 is 0 Å². The van der Waals surface area contributed by atoms with Crippen LogP contribution in [0.5, 0.6) is 5.75 Å². The first-order chi connectivity index (χ1) is 6.80. The first kappa shape index (κ1) is 11.8. The third-order valence-electron chi connectivity index (χ3n) is 2.06. The number of ether oxygens (including phenoxy) is 1. The number of nitrogen functional groups attached to an aromatic ring is 1. The highest BCUT2D eigenvalue weighted by molar-refractivity contribution is 5.44. The Kier molecular flexibility index (Phi) is 3.22. The van der Waals surface area contributed by atoms with E-state index in [1.165, 1.54) is 0 Å². The van der Waals surface area contributed by atoms with Crippen LogP contribution in [0, 0.1) is 0 Å². The van der Waals surface area contributed by atoms with E-state index in [4.69, 9.17) is 10.5 Å². The molecule has 1 aromatic heterocycles. The average molecular weight is 208 g/mol. The molecule has 0 unspecified atom stereocenters. The quantitative estimate of drug-likeness (QED) is 0.813. The molecule has 0 radical (unpaired) electrons. The first-order valence-corrected chi connectivity index (χ1v) is 5.23. The number of pyridine rings is 1. The molecule has 2 N–H and O–H groups in total. The van der Waals surface area contributed by atoms with Crippen LogP contribution in [-0.2, 0) is 5.41 Å². The summed E-state index contributed by atoms with van der Waals surface area (Å²) in [5.41, 5.74) is 6.80. The zero-order chi connectivity index (χ0) is 11.6. The molecular formula is C12H20N2O. The van der Waals surface area contributed by atoms with Crippen molar-refractivity contribution in [1.82, 2.24) is 4.98 Å². The normalized spacial score (nSPS) is 11.9. The molecule has 3 heteroatoms. The van der Waals surface area contributed by atoms with Crippen LogP contribution in [0.15, 0.2) is 12.3 Å². The van der Waals surface area contributed by atoms with Crippen molar-refractivity contribution in [1.29, 1.82) is 0 Å². The number of hydrogen-bond donors (Lipinski definition) is 1. The monoisotopic (exact) mass is 208 g/mol. The van der Waals surface area contributed by atoms with Gasteiger partial charge in [-0.05, 0) is 25.3 Å². The number of nitrogens with two attached hydrogens (primary N) is 1. The first-order valence-electron chi connectivity index (χ1n) is 5.23. The largest absolute Gasteiger partial charge is 0.489 e. The zero-order valence-corrected chi connectivity index (χ0v) is 10.2. The van der Waals surface area contributed by atoms with Gasteiger partial charge in [0.25, 0.3) is 0 Å². The van der Waals surface area contributed by atoms with Gasteiger partial charge >= 0.3 is 0 Å². The van der Waals surface area contributed by atoms with Crippen LogP contribution in [0.2, 0.25) is 0 Å². The maximum atomic E-state index is 5.71. The molecule has 0 atom stereocenters. The molecule has 1 rings (SSSR count). The minimum absolute atomic E-state index is 0.0152. The fourth-order valence-corrected chi connectivity index (χ4v) is 1.39. The van der Waals surface area contributed by atoms with Gasteiger partial charge in [0.05, 0.1) is 12.3 Å². The highest BCUT2D eigenvalue weighted by Crippen LogP contribution is 2.32. The summed E-state index contributed by atoms with van der Waals surface area (Å²) in [5, 5.41) is 0. The molecule has 15 heavy (non-hydrogen) atoms. The van der Waals surface area contributed by atoms with Crippen LogP contribution in [0.25, 0.3) is 0 Å². The van der Waals surface area contributed by atoms with Crippen LogP contribution < -0.4 is 10.5 Å². The van der Waals surface area contributed by atoms with Gasteiger partial charge in [0.1, 0.15) is 11.6 Å². The second kappa shape index (κ2) is 4.09. The van der Waals surface area contributed by atoms with Crippen molar-refractivity contribution in [2.45, 2.75) is 46.1 Å². The van der Waals surface area contributed by atoms with Crippen LogP contribution in [0.3, 0.4) is 0 Å². The van der Waals surface area contributed by atoms with Crippen molar-refractivity contribution in [3.63, 3.8) is 0 Å². The van der Waals surface area contributed by atoms with Gasteiger partial charge in [-0.2, -0.15) is 0 Å². The van der Waals surface area contributed by atoms with E-state index in [1.807, 2.05) is 19.9 Å². The van der Waals surface area contributed by atoms with Crippen molar-refractivity contribution < 1.29 is 4.74 Å². The van der Waals surface area contributed by atoms with Crippen molar-refractivity contribution in [2.75, 3.05) is 5.73 Å². The van der Waals surface area contributed by atoms with Crippen LogP contribution in [0.1, 0.15) is 40.2 Å². The Morgan fingerprint density at radius 1 is 1.33 bits per heavy atom. The SMILES string of the molecule is CC(C)Oc1cnc(N)cc1C(C)(C)C. The molecule has 0 saturated heterocycles. The average Bonchev–Trinajstić information content (AvgIpc) is 2.05. The molecule has 84 valence electrons. The Bertz CT molecular complexity index is 340. The molecule has 1 heterocycles. The molecule has 0 aromatic carbocycles. The number of aromatic nitrogens is 1. The summed E-state index contributed by atoms with van der Waals surface area (Å²) in [4.78, 5) is 4.06. The van der Waals surface area contributed by atoms with Gasteiger partial charge < -0.3 is 10.5 Å². The second-order valence-electron chi connectivity index (χ2n) is 5.02. The van der Waals surface area contributed by atoms with E-state index < -0.39 is 0 Å². The molecule has 0 aliphatic rings. The Morgan fingerprint density at radius 2 is 1.93 bits per heavy atom. The Morgan fingerprint density at radius 3 is 2.40 bits per heavy atom. The summed E-state index contributed by atoms with van der Waals surface area (Å²) in [6.07, 6.45) is 1.85. The van der Waals surface area contributed by atoms with E-state index in [9.17, 15) is 0 Å². The topological polar surface area (TPSA) is 48.1 Å². The molecule has 0 fully saturated rings. The van der Waals surface area contributed by atoms with E-state index in [0.29, 0.717) is 5.82 Å². The predicted octanol–water partition coefficient (Wildman–Crippen LogP) is 2.75. The fraction of sp³-hybridized carbons (Fsp3) is 0.583. The summed E-state index contributed by atoms with van der Waals surface area (Å²) in [6, 6.07) is 1.89. The zero-order valence-electron chi connectivity index (χ0n) is 10.2. The Labute approximate surface area is 91.7 Å². The molecule has 1 aromatic rings. The third kappa shape index (κ3) is 3.11. The summed E-state index contributed by atoms with van der Waals surface area (Å²) in [6.45, 7) is 10.4. The van der Waals surface area contributed by atoms with Crippen molar-refractivity contribution in [3.05, 3.63) is 17.8 Å². The maximum Gasteiger partial charge on any atom is 0.141 e. The summed E-state index contributed by atoms with van der Waals surface area (Å²) >= 11 is 0. The van der Waals surface area contributed by atoms with Crippen molar-refractivity contribution in [3.8, 4) is 5.75 Å². The van der Waals surface area contributed by atoms with E-state index in [2.05, 4.69) is 25.8 Å². The predicted molar refractivity (Wildman–Crippen MR) is 63.1 cm³/mol. The van der Waals surface area contributed by atoms with Crippen LogP contribution >= 0.6 is 0 Å². The smallest absolute Gasteiger partial charge is 0.141 e. The highest BCUT2D eigenvalue weighted by atomic mass is 16.5. The molecule has 3 nitrogen and oxygen atoms in total. The molecular weight excluding hydrogens is 188 g/mol. The van der Waals surface area contributed by atoms with E-state index in [0.717, 1.165) is 11.3 Å². The summed E-state index contributed by atoms with van der Waals surface area (Å²) < 4.78 is 5.71. The summed E-state index contributed by atoms with van der Waals surface area (Å²) in [7, 11) is 0. The number of hydrogen-bond acceptors (Lipinski definition) is 3. The second-order valence-corrected chi connectivity index (χ2v) is 5.02. The lowest BCUT2D eigenvalue weighted by Gasteiger charge is -2.23. The Balaban J connectivity index is 3.15. The standard InChI is InChI=1S/C12H20N2O/c1-8(2)15-10-7-14-11(13)6-9(10)12(3,4)5/h6-8H,1-5H3,(H2,13,14). The minimum atomic E-state index is 0.0152. The van der Waals surface area contributed by atoms with Gasteiger partial charge in [0.2, 0.25) is 0 Å². The molecule has 0 amide bonds. The van der Waals surface area contributed by atoms with Gasteiger partial charge in [-0.3, -0.25) is 0 Å². The van der Waals surface area contributed by atoms with Gasteiger partial charge in [-0.15, -0.1) is 0 Å². The van der Waals surface area contributed by atoms with Gasteiger partial charge in [-0.1, -0.05) is 20.8 Å². The van der Waals surface area contributed by atoms with Crippen molar-refractivity contribution >= 4 is 5.82 Å². The lowest BCUT2D eigenvalue weighted by Crippen LogP contribution is -2.17. The number of anilines is 1. The van der Waals surface area contributed by atoms with E-state index in [1.54, 1.807) is 6.20 Å². The van der Waals surface area contributed by atoms with E-state index in [-0.39, 0.29) is 11.5 Å². The number of nitrogens with zero attached hydrogens (tertiary/aromatic N) is 1. The molecule has 0 bridgehead atoms. The van der Waals surface area contributed by atoms with Crippen molar-refractivity contribution in [2.24, 2.45) is 0 Å². The fourth-order valence-electron chi connectivity index (χ4n) is 1.39. The molecule has 0 saturated carbocycles. The van der Waals surface area contributed by atoms with Gasteiger partial charge in [0, 0.05) is 5.56 Å². The van der Waals surface area contributed by atoms with Crippen LogP contribution in [0.4, 0.5) is 5.82 Å².